The summed E-state index contributed by atoms with van der Waals surface area (Å²) in [4.78, 5) is 23.7. The number of carboxylic acids is 1. The monoisotopic (exact) mass is 367 g/mol. The number of carbonyl (C=O) groups is 2. The zero-order valence-corrected chi connectivity index (χ0v) is 15.6. The number of alkyl carbamates (subject to hydrolysis) is 1. The molecule has 0 heterocycles. The number of rotatable bonds is 7. The van der Waals surface area contributed by atoms with E-state index in [4.69, 9.17) is 4.74 Å². The smallest absolute Gasteiger partial charge is 0.407 e. The maximum Gasteiger partial charge on any atom is 0.407 e. The first-order valence-electron chi connectivity index (χ1n) is 9.37. The van der Waals surface area contributed by atoms with Crippen LogP contribution < -0.4 is 5.32 Å². The highest BCUT2D eigenvalue weighted by molar-refractivity contribution is 5.81. The Morgan fingerprint density at radius 2 is 1.63 bits per heavy atom. The third kappa shape index (κ3) is 3.97. The second-order valence-electron chi connectivity index (χ2n) is 7.05. The van der Waals surface area contributed by atoms with Crippen LogP contribution in [0.2, 0.25) is 0 Å². The zero-order valence-electron chi connectivity index (χ0n) is 15.6. The van der Waals surface area contributed by atoms with Gasteiger partial charge in [0.05, 0.1) is 0 Å². The molecular weight excluding hydrogens is 342 g/mol. The third-order valence-corrected chi connectivity index (χ3v) is 5.20. The van der Waals surface area contributed by atoms with Gasteiger partial charge in [-0.1, -0.05) is 68.8 Å². The van der Waals surface area contributed by atoms with Gasteiger partial charge >= 0.3 is 12.1 Å². The van der Waals surface area contributed by atoms with E-state index in [1.54, 1.807) is 0 Å². The highest BCUT2D eigenvalue weighted by Crippen LogP contribution is 2.44. The van der Waals surface area contributed by atoms with Crippen LogP contribution in [0.5, 0.6) is 0 Å². The number of hydrogen-bond donors (Lipinski definition) is 2. The van der Waals surface area contributed by atoms with E-state index >= 15 is 0 Å². The van der Waals surface area contributed by atoms with Gasteiger partial charge in [0, 0.05) is 5.92 Å². The summed E-state index contributed by atoms with van der Waals surface area (Å²) in [5.74, 6) is -1.24. The Balaban J connectivity index is 1.69. The van der Waals surface area contributed by atoms with Crippen molar-refractivity contribution in [2.45, 2.75) is 38.6 Å². The Kier molecular flexibility index (Phi) is 5.79. The van der Waals surface area contributed by atoms with Gasteiger partial charge in [-0.3, -0.25) is 0 Å². The Morgan fingerprint density at radius 3 is 2.15 bits per heavy atom. The molecule has 0 aromatic heterocycles. The van der Waals surface area contributed by atoms with Gasteiger partial charge in [0.25, 0.3) is 0 Å². The largest absolute Gasteiger partial charge is 0.480 e. The van der Waals surface area contributed by atoms with Crippen LogP contribution >= 0.6 is 0 Å². The summed E-state index contributed by atoms with van der Waals surface area (Å²) in [5.41, 5.74) is 4.56. The maximum absolute atomic E-state index is 12.3. The van der Waals surface area contributed by atoms with E-state index in [0.29, 0.717) is 0 Å². The highest BCUT2D eigenvalue weighted by atomic mass is 16.5. The minimum absolute atomic E-state index is 0.0421. The summed E-state index contributed by atoms with van der Waals surface area (Å²) >= 11 is 0. The fourth-order valence-corrected chi connectivity index (χ4v) is 3.84. The number of aliphatic carboxylic acids is 1. The molecule has 1 amide bonds. The lowest BCUT2D eigenvalue weighted by Crippen LogP contribution is -2.45. The first kappa shape index (κ1) is 19.0. The van der Waals surface area contributed by atoms with Crippen LogP contribution in [0.25, 0.3) is 11.1 Å². The number of carboxylic acid groups (broad SMARTS) is 1. The standard InChI is InChI=1S/C22H25NO4/c1-3-8-14(2)20(21(24)25)23-22(26)27-13-19-17-11-6-4-9-15(17)16-10-5-7-12-18(16)19/h4-7,9-12,14,19-20H,3,8,13H2,1-2H3,(H,23,26)(H,24,25)/t14-,20-/m1/s1. The second-order valence-corrected chi connectivity index (χ2v) is 7.05. The van der Waals surface area contributed by atoms with Gasteiger partial charge in [-0.15, -0.1) is 0 Å². The molecule has 0 spiro atoms. The fourth-order valence-electron chi connectivity index (χ4n) is 3.84. The van der Waals surface area contributed by atoms with Gasteiger partial charge in [0.2, 0.25) is 0 Å². The SMILES string of the molecule is CCC[C@@H](C)[C@@H](NC(=O)OCC1c2ccccc2-c2ccccc21)C(=O)O. The van der Waals surface area contributed by atoms with Crippen molar-refractivity contribution in [2.75, 3.05) is 6.61 Å². The van der Waals surface area contributed by atoms with Crippen LogP contribution in [0.1, 0.15) is 43.7 Å². The third-order valence-electron chi connectivity index (χ3n) is 5.20. The highest BCUT2D eigenvalue weighted by Gasteiger charge is 2.30. The molecule has 0 saturated carbocycles. The molecule has 2 N–H and O–H groups in total. The number of carbonyl (C=O) groups excluding carboxylic acids is 1. The van der Waals surface area contributed by atoms with Crippen LogP contribution in [-0.4, -0.2) is 29.8 Å². The molecule has 0 fully saturated rings. The van der Waals surface area contributed by atoms with Crippen molar-refractivity contribution in [1.82, 2.24) is 5.32 Å². The van der Waals surface area contributed by atoms with Crippen LogP contribution in [0.15, 0.2) is 48.5 Å². The molecule has 0 aliphatic heterocycles. The normalized spacial score (nSPS) is 14.7. The number of benzene rings is 2. The summed E-state index contributed by atoms with van der Waals surface area (Å²) in [5, 5.41) is 11.9. The number of hydrogen-bond acceptors (Lipinski definition) is 3. The topological polar surface area (TPSA) is 75.6 Å². The van der Waals surface area contributed by atoms with E-state index < -0.39 is 18.1 Å². The van der Waals surface area contributed by atoms with Gasteiger partial charge in [-0.25, -0.2) is 9.59 Å². The Morgan fingerprint density at radius 1 is 1.07 bits per heavy atom. The van der Waals surface area contributed by atoms with Gasteiger partial charge in [0.15, 0.2) is 0 Å². The molecule has 2 aromatic rings. The minimum atomic E-state index is -1.04. The summed E-state index contributed by atoms with van der Waals surface area (Å²) in [7, 11) is 0. The van der Waals surface area contributed by atoms with Crippen LogP contribution in [0.4, 0.5) is 4.79 Å². The molecule has 0 saturated heterocycles. The molecule has 0 unspecified atom stereocenters. The molecular formula is C22H25NO4. The molecule has 1 aliphatic rings. The van der Waals surface area contributed by atoms with Crippen molar-refractivity contribution in [3.05, 3.63) is 59.7 Å². The van der Waals surface area contributed by atoms with E-state index in [1.165, 1.54) is 0 Å². The van der Waals surface area contributed by atoms with Gasteiger partial charge in [-0.2, -0.15) is 0 Å². The van der Waals surface area contributed by atoms with E-state index in [0.717, 1.165) is 35.1 Å². The zero-order chi connectivity index (χ0) is 19.4. The summed E-state index contributed by atoms with van der Waals surface area (Å²) in [6.45, 7) is 3.99. The minimum Gasteiger partial charge on any atom is -0.480 e. The molecule has 1 aliphatic carbocycles. The average molecular weight is 367 g/mol. The number of ether oxygens (including phenoxy) is 1. The fraction of sp³-hybridized carbons (Fsp3) is 0.364. The van der Waals surface area contributed by atoms with Crippen LogP contribution in [0, 0.1) is 5.92 Å². The quantitative estimate of drug-likeness (QED) is 0.760. The van der Waals surface area contributed by atoms with E-state index in [1.807, 2.05) is 50.2 Å². The molecule has 2 aromatic carbocycles. The molecule has 3 rings (SSSR count). The second kappa shape index (κ2) is 8.25. The summed E-state index contributed by atoms with van der Waals surface area (Å²) < 4.78 is 5.44. The molecule has 0 bridgehead atoms. The lowest BCUT2D eigenvalue weighted by atomic mass is 9.97. The predicted molar refractivity (Wildman–Crippen MR) is 104 cm³/mol. The van der Waals surface area contributed by atoms with Crippen molar-refractivity contribution in [3.8, 4) is 11.1 Å². The van der Waals surface area contributed by atoms with Crippen molar-refractivity contribution in [2.24, 2.45) is 5.92 Å². The van der Waals surface area contributed by atoms with Gasteiger partial charge in [0.1, 0.15) is 12.6 Å². The summed E-state index contributed by atoms with van der Waals surface area (Å²) in [6, 6.07) is 15.2. The maximum atomic E-state index is 12.3. The Hall–Kier alpha value is -2.82. The van der Waals surface area contributed by atoms with Crippen molar-refractivity contribution in [1.29, 1.82) is 0 Å². The van der Waals surface area contributed by atoms with Gasteiger partial charge < -0.3 is 15.2 Å². The Bertz CT molecular complexity index is 787. The summed E-state index contributed by atoms with van der Waals surface area (Å²) in [6.07, 6.45) is 0.894. The van der Waals surface area contributed by atoms with E-state index in [9.17, 15) is 14.7 Å². The molecule has 142 valence electrons. The first-order valence-corrected chi connectivity index (χ1v) is 9.37. The van der Waals surface area contributed by atoms with Crippen LogP contribution in [0.3, 0.4) is 0 Å². The average Bonchev–Trinajstić information content (AvgIpc) is 2.98. The Labute approximate surface area is 159 Å². The number of amides is 1. The lowest BCUT2D eigenvalue weighted by Gasteiger charge is -2.21. The molecule has 5 heteroatoms. The van der Waals surface area contributed by atoms with E-state index in [-0.39, 0.29) is 18.4 Å². The van der Waals surface area contributed by atoms with E-state index in [2.05, 4.69) is 17.4 Å². The number of fused-ring (bicyclic) bond motifs is 3. The molecule has 5 nitrogen and oxygen atoms in total. The lowest BCUT2D eigenvalue weighted by molar-refractivity contribution is -0.140. The number of nitrogens with one attached hydrogen (secondary N) is 1. The molecule has 2 atom stereocenters. The van der Waals surface area contributed by atoms with Crippen molar-refractivity contribution >= 4 is 12.1 Å². The first-order chi connectivity index (χ1) is 13.0. The molecule has 27 heavy (non-hydrogen) atoms. The van der Waals surface area contributed by atoms with Crippen LogP contribution in [-0.2, 0) is 9.53 Å². The predicted octanol–water partition coefficient (Wildman–Crippen LogP) is 4.41. The van der Waals surface area contributed by atoms with Crippen molar-refractivity contribution in [3.63, 3.8) is 0 Å². The van der Waals surface area contributed by atoms with Crippen molar-refractivity contribution < 1.29 is 19.4 Å². The van der Waals surface area contributed by atoms with Gasteiger partial charge in [-0.05, 0) is 34.6 Å². The molecule has 0 radical (unpaired) electrons.